The third-order valence-corrected chi connectivity index (χ3v) is 3.14. The van der Waals surface area contributed by atoms with E-state index in [0.717, 1.165) is 5.65 Å². The van der Waals surface area contributed by atoms with Crippen LogP contribution in [0.5, 0.6) is 0 Å². The van der Waals surface area contributed by atoms with Crippen LogP contribution in [-0.2, 0) is 4.74 Å². The molecule has 104 valence electrons. The van der Waals surface area contributed by atoms with Crippen molar-refractivity contribution in [3.63, 3.8) is 0 Å². The van der Waals surface area contributed by atoms with E-state index in [1.165, 1.54) is 0 Å². The number of anilines is 1. The smallest absolute Gasteiger partial charge is 0.243 e. The highest BCUT2D eigenvalue weighted by Crippen LogP contribution is 2.14. The summed E-state index contributed by atoms with van der Waals surface area (Å²) in [6, 6.07) is 3.83. The average molecular weight is 283 g/mol. The number of hydrogen-bond acceptors (Lipinski definition) is 4. The van der Waals surface area contributed by atoms with Gasteiger partial charge in [-0.05, 0) is 25.0 Å². The minimum absolute atomic E-state index is 0.188. The lowest BCUT2D eigenvalue weighted by atomic mass is 10.1. The second-order valence-corrected chi connectivity index (χ2v) is 5.18. The van der Waals surface area contributed by atoms with Gasteiger partial charge in [0.1, 0.15) is 0 Å². The fourth-order valence-electron chi connectivity index (χ4n) is 1.73. The molecule has 0 bridgehead atoms. The summed E-state index contributed by atoms with van der Waals surface area (Å²) < 4.78 is 7.15. The molecule has 1 atom stereocenters. The van der Waals surface area contributed by atoms with Crippen molar-refractivity contribution in [2.45, 2.75) is 26.8 Å². The third-order valence-electron chi connectivity index (χ3n) is 2.92. The maximum Gasteiger partial charge on any atom is 0.243 e. The van der Waals surface area contributed by atoms with Gasteiger partial charge in [0, 0.05) is 12.8 Å². The molecule has 2 aromatic heterocycles. The lowest BCUT2D eigenvalue weighted by Gasteiger charge is -2.20. The topological polar surface area (TPSA) is 51.5 Å². The maximum atomic E-state index is 5.92. The SMILES string of the molecule is CCOCC(Nc1nc2ccc(Cl)cn2n1)C(C)C. The highest BCUT2D eigenvalue weighted by atomic mass is 35.5. The van der Waals surface area contributed by atoms with Crippen molar-refractivity contribution in [3.8, 4) is 0 Å². The van der Waals surface area contributed by atoms with Gasteiger partial charge in [-0.1, -0.05) is 25.4 Å². The van der Waals surface area contributed by atoms with E-state index in [4.69, 9.17) is 16.3 Å². The molecule has 2 rings (SSSR count). The summed E-state index contributed by atoms with van der Waals surface area (Å²) in [5.41, 5.74) is 0.769. The van der Waals surface area contributed by atoms with Crippen LogP contribution in [0.15, 0.2) is 18.3 Å². The number of nitrogens with zero attached hydrogens (tertiary/aromatic N) is 3. The van der Waals surface area contributed by atoms with Gasteiger partial charge in [-0.2, -0.15) is 4.98 Å². The zero-order valence-corrected chi connectivity index (χ0v) is 12.2. The molecule has 5 nitrogen and oxygen atoms in total. The molecule has 1 unspecified atom stereocenters. The van der Waals surface area contributed by atoms with Crippen LogP contribution in [-0.4, -0.2) is 33.9 Å². The summed E-state index contributed by atoms with van der Waals surface area (Å²) in [6.45, 7) is 7.62. The summed E-state index contributed by atoms with van der Waals surface area (Å²) in [7, 11) is 0. The Morgan fingerprint density at radius 1 is 1.42 bits per heavy atom. The number of rotatable bonds is 6. The minimum Gasteiger partial charge on any atom is -0.380 e. The Bertz CT molecular complexity index is 540. The molecule has 0 saturated carbocycles. The molecule has 2 heterocycles. The predicted octanol–water partition coefficient (Wildman–Crippen LogP) is 2.86. The molecule has 6 heteroatoms. The van der Waals surface area contributed by atoms with E-state index in [2.05, 4.69) is 29.2 Å². The van der Waals surface area contributed by atoms with Crippen molar-refractivity contribution in [3.05, 3.63) is 23.4 Å². The molecule has 0 spiro atoms. The van der Waals surface area contributed by atoms with Crippen molar-refractivity contribution < 1.29 is 4.74 Å². The summed E-state index contributed by atoms with van der Waals surface area (Å²) in [6.07, 6.45) is 1.74. The molecule has 0 aliphatic rings. The van der Waals surface area contributed by atoms with Gasteiger partial charge in [-0.3, -0.25) is 0 Å². The van der Waals surface area contributed by atoms with E-state index in [1.54, 1.807) is 16.8 Å². The van der Waals surface area contributed by atoms with E-state index >= 15 is 0 Å². The summed E-state index contributed by atoms with van der Waals surface area (Å²) >= 11 is 5.92. The van der Waals surface area contributed by atoms with Crippen molar-refractivity contribution in [1.82, 2.24) is 14.6 Å². The Morgan fingerprint density at radius 3 is 2.89 bits per heavy atom. The second-order valence-electron chi connectivity index (χ2n) is 4.74. The third kappa shape index (κ3) is 3.58. The maximum absolute atomic E-state index is 5.92. The Hall–Kier alpha value is -1.33. The summed E-state index contributed by atoms with van der Waals surface area (Å²) in [4.78, 5) is 4.41. The molecule has 0 aliphatic carbocycles. The first kappa shape index (κ1) is 14.1. The van der Waals surface area contributed by atoms with E-state index < -0.39 is 0 Å². The lowest BCUT2D eigenvalue weighted by Crippen LogP contribution is -2.31. The van der Waals surface area contributed by atoms with Crippen LogP contribution in [0.2, 0.25) is 5.02 Å². The summed E-state index contributed by atoms with van der Waals surface area (Å²) in [5.74, 6) is 1.03. The lowest BCUT2D eigenvalue weighted by molar-refractivity contribution is 0.126. The molecular formula is C13H19ClN4O. The highest BCUT2D eigenvalue weighted by molar-refractivity contribution is 6.30. The second kappa shape index (κ2) is 6.21. The molecule has 0 radical (unpaired) electrons. The number of hydrogen-bond donors (Lipinski definition) is 1. The zero-order valence-electron chi connectivity index (χ0n) is 11.4. The number of ether oxygens (including phenoxy) is 1. The van der Waals surface area contributed by atoms with Crippen molar-refractivity contribution in [1.29, 1.82) is 0 Å². The van der Waals surface area contributed by atoms with E-state index in [9.17, 15) is 0 Å². The van der Waals surface area contributed by atoms with Gasteiger partial charge in [0.2, 0.25) is 5.95 Å². The van der Waals surface area contributed by atoms with Crippen LogP contribution in [0.3, 0.4) is 0 Å². The van der Waals surface area contributed by atoms with Crippen LogP contribution >= 0.6 is 11.6 Å². The van der Waals surface area contributed by atoms with E-state index in [1.807, 2.05) is 13.0 Å². The highest BCUT2D eigenvalue weighted by Gasteiger charge is 2.15. The van der Waals surface area contributed by atoms with Gasteiger partial charge in [0.05, 0.1) is 17.7 Å². The van der Waals surface area contributed by atoms with Gasteiger partial charge < -0.3 is 10.1 Å². The number of halogens is 1. The van der Waals surface area contributed by atoms with E-state index in [0.29, 0.717) is 30.1 Å². The van der Waals surface area contributed by atoms with Crippen LogP contribution < -0.4 is 5.32 Å². The fraction of sp³-hybridized carbons (Fsp3) is 0.538. The number of nitrogens with one attached hydrogen (secondary N) is 1. The van der Waals surface area contributed by atoms with Crippen molar-refractivity contribution in [2.75, 3.05) is 18.5 Å². The van der Waals surface area contributed by atoms with Crippen LogP contribution in [0, 0.1) is 5.92 Å². The van der Waals surface area contributed by atoms with Gasteiger partial charge in [-0.25, -0.2) is 4.52 Å². The molecule has 19 heavy (non-hydrogen) atoms. The predicted molar refractivity (Wildman–Crippen MR) is 76.7 cm³/mol. The number of pyridine rings is 1. The van der Waals surface area contributed by atoms with Crippen LogP contribution in [0.4, 0.5) is 5.95 Å². The quantitative estimate of drug-likeness (QED) is 0.885. The van der Waals surface area contributed by atoms with Crippen molar-refractivity contribution >= 4 is 23.2 Å². The minimum atomic E-state index is 0.188. The van der Waals surface area contributed by atoms with Gasteiger partial charge >= 0.3 is 0 Å². The molecular weight excluding hydrogens is 264 g/mol. The van der Waals surface area contributed by atoms with Crippen LogP contribution in [0.25, 0.3) is 5.65 Å². The molecule has 0 aromatic carbocycles. The molecule has 1 N–H and O–H groups in total. The summed E-state index contributed by atoms with van der Waals surface area (Å²) in [5, 5.41) is 8.31. The van der Waals surface area contributed by atoms with E-state index in [-0.39, 0.29) is 6.04 Å². The number of fused-ring (bicyclic) bond motifs is 1. The largest absolute Gasteiger partial charge is 0.380 e. The van der Waals surface area contributed by atoms with Crippen LogP contribution in [0.1, 0.15) is 20.8 Å². The molecule has 2 aromatic rings. The molecule has 0 fully saturated rings. The van der Waals surface area contributed by atoms with Gasteiger partial charge in [0.15, 0.2) is 5.65 Å². The normalized spacial score (nSPS) is 13.1. The Morgan fingerprint density at radius 2 is 2.21 bits per heavy atom. The molecule has 0 amide bonds. The first-order valence-corrected chi connectivity index (χ1v) is 6.84. The molecule has 0 aliphatic heterocycles. The van der Waals surface area contributed by atoms with Gasteiger partial charge in [-0.15, -0.1) is 5.10 Å². The Kier molecular flexibility index (Phi) is 4.61. The Balaban J connectivity index is 2.14. The standard InChI is InChI=1S/C13H19ClN4O/c1-4-19-8-11(9(2)3)15-13-16-12-6-5-10(14)7-18(12)17-13/h5-7,9,11H,4,8H2,1-3H3,(H,15,17). The van der Waals surface area contributed by atoms with Gasteiger partial charge in [0.25, 0.3) is 0 Å². The zero-order chi connectivity index (χ0) is 13.8. The van der Waals surface area contributed by atoms with Crippen molar-refractivity contribution in [2.24, 2.45) is 5.92 Å². The Labute approximate surface area is 117 Å². The number of aromatic nitrogens is 3. The first-order chi connectivity index (χ1) is 9.10. The monoisotopic (exact) mass is 282 g/mol. The first-order valence-electron chi connectivity index (χ1n) is 6.46. The fourth-order valence-corrected chi connectivity index (χ4v) is 1.89. The molecule has 0 saturated heterocycles. The average Bonchev–Trinajstić information content (AvgIpc) is 2.75.